The lowest BCUT2D eigenvalue weighted by molar-refractivity contribution is 0.189. The van der Waals surface area contributed by atoms with Crippen molar-refractivity contribution in [2.24, 2.45) is 0 Å². The van der Waals surface area contributed by atoms with Crippen LogP contribution in [0, 0.1) is 0 Å². The minimum atomic E-state index is -0.294. The molecular weight excluding hydrogens is 244 g/mol. The van der Waals surface area contributed by atoms with E-state index in [0.29, 0.717) is 6.61 Å². The van der Waals surface area contributed by atoms with Crippen molar-refractivity contribution in [3.05, 3.63) is 28.2 Å². The first-order chi connectivity index (χ1) is 9.20. The zero-order valence-electron chi connectivity index (χ0n) is 11.5. The number of pyridine rings is 1. The van der Waals surface area contributed by atoms with Crippen molar-refractivity contribution in [1.82, 2.24) is 9.47 Å². The van der Waals surface area contributed by atoms with Gasteiger partial charge >= 0.3 is 0 Å². The van der Waals surface area contributed by atoms with Gasteiger partial charge in [-0.25, -0.2) is 0 Å². The van der Waals surface area contributed by atoms with E-state index in [-0.39, 0.29) is 11.2 Å². The number of nitrogens with zero attached hydrogens (tertiary/aromatic N) is 2. The lowest BCUT2D eigenvalue weighted by atomic mass is 10.3. The van der Waals surface area contributed by atoms with Crippen molar-refractivity contribution >= 4 is 0 Å². The van der Waals surface area contributed by atoms with Crippen LogP contribution in [0.4, 0.5) is 0 Å². The molecule has 2 heterocycles. The molecule has 1 aliphatic rings. The summed E-state index contributed by atoms with van der Waals surface area (Å²) in [6, 6.07) is 1.56. The van der Waals surface area contributed by atoms with Gasteiger partial charge in [-0.05, 0) is 32.4 Å². The molecule has 19 heavy (non-hydrogen) atoms. The fourth-order valence-corrected chi connectivity index (χ4v) is 2.50. The summed E-state index contributed by atoms with van der Waals surface area (Å²) in [5, 5.41) is 9.56. The standard InChI is InChI=1S/C14H22N2O3/c1-19-8-4-7-16-11-14(18)13(17)9-12(16)10-15-5-2-3-6-15/h9,11,18H,2-8,10H2,1H3. The molecule has 0 aromatic carbocycles. The van der Waals surface area contributed by atoms with Gasteiger partial charge in [-0.2, -0.15) is 0 Å². The zero-order chi connectivity index (χ0) is 13.7. The minimum Gasteiger partial charge on any atom is -0.503 e. The molecular formula is C14H22N2O3. The van der Waals surface area contributed by atoms with Gasteiger partial charge in [0.25, 0.3) is 0 Å². The Morgan fingerprint density at radius 1 is 1.37 bits per heavy atom. The van der Waals surface area contributed by atoms with Gasteiger partial charge in [0.15, 0.2) is 5.75 Å². The van der Waals surface area contributed by atoms with Gasteiger partial charge in [0.05, 0.1) is 6.20 Å². The molecule has 1 fully saturated rings. The molecule has 0 unspecified atom stereocenters. The Hall–Kier alpha value is -1.33. The van der Waals surface area contributed by atoms with E-state index in [9.17, 15) is 9.90 Å². The van der Waals surface area contributed by atoms with Gasteiger partial charge in [0.2, 0.25) is 5.43 Å². The molecule has 5 nitrogen and oxygen atoms in total. The maximum atomic E-state index is 11.6. The Balaban J connectivity index is 2.13. The highest BCUT2D eigenvalue weighted by Gasteiger charge is 2.14. The van der Waals surface area contributed by atoms with Crippen LogP contribution in [0.2, 0.25) is 0 Å². The van der Waals surface area contributed by atoms with E-state index in [1.54, 1.807) is 19.4 Å². The summed E-state index contributed by atoms with van der Waals surface area (Å²) in [6.07, 6.45) is 4.87. The maximum Gasteiger partial charge on any atom is 0.223 e. The predicted octanol–water partition coefficient (Wildman–Crippen LogP) is 1.19. The first-order valence-electron chi connectivity index (χ1n) is 6.84. The van der Waals surface area contributed by atoms with Crippen molar-refractivity contribution in [3.63, 3.8) is 0 Å². The van der Waals surface area contributed by atoms with Gasteiger partial charge < -0.3 is 14.4 Å². The van der Waals surface area contributed by atoms with E-state index in [1.165, 1.54) is 12.8 Å². The van der Waals surface area contributed by atoms with E-state index < -0.39 is 0 Å². The summed E-state index contributed by atoms with van der Waals surface area (Å²) in [5.74, 6) is -0.178. The number of aryl methyl sites for hydroxylation is 1. The summed E-state index contributed by atoms with van der Waals surface area (Å²) in [5.41, 5.74) is 0.679. The largest absolute Gasteiger partial charge is 0.503 e. The highest BCUT2D eigenvalue weighted by molar-refractivity contribution is 5.20. The van der Waals surface area contributed by atoms with Gasteiger partial charge in [0, 0.05) is 38.6 Å². The molecule has 0 saturated carbocycles. The monoisotopic (exact) mass is 266 g/mol. The van der Waals surface area contributed by atoms with E-state index in [0.717, 1.165) is 38.3 Å². The first-order valence-corrected chi connectivity index (χ1v) is 6.84. The summed E-state index contributed by atoms with van der Waals surface area (Å²) in [6.45, 7) is 4.39. The number of hydrogen-bond acceptors (Lipinski definition) is 4. The van der Waals surface area contributed by atoms with Crippen molar-refractivity contribution < 1.29 is 9.84 Å². The molecule has 1 aliphatic heterocycles. The highest BCUT2D eigenvalue weighted by Crippen LogP contribution is 2.14. The second-order valence-electron chi connectivity index (χ2n) is 5.04. The molecule has 106 valence electrons. The molecule has 1 aromatic rings. The Labute approximate surface area is 113 Å². The quantitative estimate of drug-likeness (QED) is 0.786. The van der Waals surface area contributed by atoms with Gasteiger partial charge in [-0.3, -0.25) is 9.69 Å². The number of aromatic hydroxyl groups is 1. The van der Waals surface area contributed by atoms with Crippen LogP contribution in [0.5, 0.6) is 5.75 Å². The molecule has 0 atom stereocenters. The predicted molar refractivity (Wildman–Crippen MR) is 73.4 cm³/mol. The second kappa shape index (κ2) is 6.73. The van der Waals surface area contributed by atoms with Crippen molar-refractivity contribution in [2.75, 3.05) is 26.8 Å². The molecule has 1 aromatic heterocycles. The van der Waals surface area contributed by atoms with Crippen molar-refractivity contribution in [3.8, 4) is 5.75 Å². The van der Waals surface area contributed by atoms with Gasteiger partial charge in [-0.1, -0.05) is 0 Å². The maximum absolute atomic E-state index is 11.6. The number of likely N-dealkylation sites (tertiary alicyclic amines) is 1. The number of ether oxygens (including phenoxy) is 1. The molecule has 0 spiro atoms. The second-order valence-corrected chi connectivity index (χ2v) is 5.04. The first kappa shape index (κ1) is 14.1. The van der Waals surface area contributed by atoms with Gasteiger partial charge in [0.1, 0.15) is 0 Å². The third-order valence-corrected chi connectivity index (χ3v) is 3.53. The Kier molecular flexibility index (Phi) is 4.99. The summed E-state index contributed by atoms with van der Waals surface area (Å²) in [7, 11) is 1.67. The molecule has 0 bridgehead atoms. The summed E-state index contributed by atoms with van der Waals surface area (Å²) in [4.78, 5) is 13.9. The lowest BCUT2D eigenvalue weighted by Gasteiger charge is -2.19. The van der Waals surface area contributed by atoms with Crippen LogP contribution < -0.4 is 5.43 Å². The number of methoxy groups -OCH3 is 1. The van der Waals surface area contributed by atoms with Crippen LogP contribution in [-0.4, -0.2) is 41.4 Å². The smallest absolute Gasteiger partial charge is 0.223 e. The average Bonchev–Trinajstić information content (AvgIpc) is 2.88. The number of rotatable bonds is 6. The van der Waals surface area contributed by atoms with E-state index >= 15 is 0 Å². The normalized spacial score (nSPS) is 16.1. The van der Waals surface area contributed by atoms with Crippen LogP contribution in [-0.2, 0) is 17.8 Å². The third kappa shape index (κ3) is 3.81. The highest BCUT2D eigenvalue weighted by atomic mass is 16.5. The Morgan fingerprint density at radius 2 is 2.11 bits per heavy atom. The molecule has 1 saturated heterocycles. The van der Waals surface area contributed by atoms with Crippen LogP contribution in [0.1, 0.15) is 25.0 Å². The molecule has 5 heteroatoms. The molecule has 0 radical (unpaired) electrons. The SMILES string of the molecule is COCCCn1cc(O)c(=O)cc1CN1CCCC1. The van der Waals surface area contributed by atoms with Gasteiger partial charge in [-0.15, -0.1) is 0 Å². The van der Waals surface area contributed by atoms with E-state index in [4.69, 9.17) is 4.74 Å². The number of hydrogen-bond donors (Lipinski definition) is 1. The fraction of sp³-hybridized carbons (Fsp3) is 0.643. The molecule has 0 aliphatic carbocycles. The van der Waals surface area contributed by atoms with Crippen LogP contribution in [0.3, 0.4) is 0 Å². The summed E-state index contributed by atoms with van der Waals surface area (Å²) >= 11 is 0. The zero-order valence-corrected chi connectivity index (χ0v) is 11.5. The fourth-order valence-electron chi connectivity index (χ4n) is 2.50. The van der Waals surface area contributed by atoms with Crippen LogP contribution in [0.25, 0.3) is 0 Å². The van der Waals surface area contributed by atoms with E-state index in [2.05, 4.69) is 4.90 Å². The van der Waals surface area contributed by atoms with Crippen molar-refractivity contribution in [2.45, 2.75) is 32.4 Å². The number of aromatic nitrogens is 1. The molecule has 0 amide bonds. The molecule has 2 rings (SSSR count). The lowest BCUT2D eigenvalue weighted by Crippen LogP contribution is -2.23. The Morgan fingerprint density at radius 3 is 2.79 bits per heavy atom. The Bertz CT molecular complexity index is 464. The topological polar surface area (TPSA) is 54.7 Å². The van der Waals surface area contributed by atoms with E-state index in [1.807, 2.05) is 4.57 Å². The van der Waals surface area contributed by atoms with Crippen LogP contribution in [0.15, 0.2) is 17.1 Å². The van der Waals surface area contributed by atoms with Crippen LogP contribution >= 0.6 is 0 Å². The third-order valence-electron chi connectivity index (χ3n) is 3.53. The van der Waals surface area contributed by atoms with Crippen molar-refractivity contribution in [1.29, 1.82) is 0 Å². The minimum absolute atomic E-state index is 0.178. The average molecular weight is 266 g/mol. The molecule has 1 N–H and O–H groups in total. The summed E-state index contributed by atoms with van der Waals surface area (Å²) < 4.78 is 7.01.